The molecular weight excluding hydrogens is 306 g/mol. The zero-order valence-electron chi connectivity index (χ0n) is 14.2. The van der Waals surface area contributed by atoms with E-state index in [1.165, 1.54) is 6.26 Å². The van der Waals surface area contributed by atoms with Crippen molar-refractivity contribution in [2.24, 2.45) is 0 Å². The van der Waals surface area contributed by atoms with Crippen LogP contribution >= 0.6 is 0 Å². The first-order valence-electron chi connectivity index (χ1n) is 8.25. The van der Waals surface area contributed by atoms with Crippen molar-refractivity contribution in [1.29, 1.82) is 0 Å². The van der Waals surface area contributed by atoms with Crippen LogP contribution in [0.25, 0.3) is 5.57 Å². The molecule has 0 amide bonds. The Morgan fingerprint density at radius 1 is 1.38 bits per heavy atom. The number of aryl methyl sites for hydroxylation is 1. The van der Waals surface area contributed by atoms with Crippen molar-refractivity contribution in [3.8, 4) is 0 Å². The number of aromatic nitrogens is 1. The molecular formula is C19H21NO4. The highest BCUT2D eigenvalue weighted by molar-refractivity contribution is 6.18. The second-order valence-corrected chi connectivity index (χ2v) is 6.14. The van der Waals surface area contributed by atoms with Gasteiger partial charge in [0.1, 0.15) is 0 Å². The van der Waals surface area contributed by atoms with E-state index in [1.807, 2.05) is 30.6 Å². The fourth-order valence-corrected chi connectivity index (χ4v) is 3.02. The highest BCUT2D eigenvalue weighted by Crippen LogP contribution is 2.31. The van der Waals surface area contributed by atoms with Crippen LogP contribution in [-0.2, 0) is 22.5 Å². The van der Waals surface area contributed by atoms with Gasteiger partial charge in [-0.2, -0.15) is 0 Å². The monoisotopic (exact) mass is 327 g/mol. The lowest BCUT2D eigenvalue weighted by molar-refractivity contribution is -0.140. The van der Waals surface area contributed by atoms with Crippen LogP contribution in [0, 0.1) is 0 Å². The van der Waals surface area contributed by atoms with E-state index in [0.717, 1.165) is 24.1 Å². The molecule has 0 fully saturated rings. The summed E-state index contributed by atoms with van der Waals surface area (Å²) in [6.07, 6.45) is 4.81. The smallest absolute Gasteiger partial charge is 0.340 e. The van der Waals surface area contributed by atoms with Crippen molar-refractivity contribution in [3.05, 3.63) is 53.2 Å². The Balaban J connectivity index is 2.01. The summed E-state index contributed by atoms with van der Waals surface area (Å²) in [6, 6.07) is 5.29. The molecule has 0 radical (unpaired) electrons. The molecule has 0 unspecified atom stereocenters. The molecule has 2 aromatic rings. The number of rotatable bonds is 6. The van der Waals surface area contributed by atoms with E-state index in [0.29, 0.717) is 23.6 Å². The highest BCUT2D eigenvalue weighted by atomic mass is 16.5. The van der Waals surface area contributed by atoms with Gasteiger partial charge in [-0.1, -0.05) is 13.3 Å². The first kappa shape index (κ1) is 16.3. The van der Waals surface area contributed by atoms with E-state index >= 15 is 0 Å². The van der Waals surface area contributed by atoms with Crippen molar-refractivity contribution in [2.75, 3.05) is 0 Å². The summed E-state index contributed by atoms with van der Waals surface area (Å²) in [5, 5.41) is 0. The fraction of sp³-hybridized carbons (Fsp3) is 0.368. The number of allylic oxidation sites excluding steroid dienone is 1. The second kappa shape index (κ2) is 6.51. The van der Waals surface area contributed by atoms with Gasteiger partial charge in [0.25, 0.3) is 0 Å². The minimum absolute atomic E-state index is 0.151. The van der Waals surface area contributed by atoms with Crippen molar-refractivity contribution < 1.29 is 18.7 Å². The molecule has 0 aliphatic carbocycles. The van der Waals surface area contributed by atoms with Gasteiger partial charge >= 0.3 is 5.97 Å². The number of ketones is 1. The van der Waals surface area contributed by atoms with Crippen LogP contribution in [0.15, 0.2) is 35.0 Å². The maximum absolute atomic E-state index is 12.8. The number of hydrogen-bond donors (Lipinski definition) is 0. The first-order chi connectivity index (χ1) is 11.5. The number of fused-ring (bicyclic) bond motifs is 1. The lowest BCUT2D eigenvalue weighted by Gasteiger charge is -2.09. The Bertz CT molecular complexity index is 794. The molecule has 0 aromatic carbocycles. The highest BCUT2D eigenvalue weighted by Gasteiger charge is 2.30. The van der Waals surface area contributed by atoms with Crippen LogP contribution in [0.4, 0.5) is 0 Å². The van der Waals surface area contributed by atoms with Gasteiger partial charge in [-0.15, -0.1) is 0 Å². The number of nitrogens with zero attached hydrogens (tertiary/aromatic N) is 1. The molecule has 3 rings (SSSR count). The predicted octanol–water partition coefficient (Wildman–Crippen LogP) is 3.61. The second-order valence-electron chi connectivity index (χ2n) is 6.14. The lowest BCUT2D eigenvalue weighted by atomic mass is 10.1. The van der Waals surface area contributed by atoms with Crippen molar-refractivity contribution in [3.63, 3.8) is 0 Å². The standard InChI is InChI=1S/C19H21NO4/c1-4-6-13-11-15-14(19(22)24-12(2)3)8-9-20(15)17(13)18(21)16-7-5-10-23-16/h5,7-8,10-12H,4,6,9H2,1-3H3. The molecule has 5 nitrogen and oxygen atoms in total. The maximum atomic E-state index is 12.8. The third kappa shape index (κ3) is 2.82. The zero-order valence-corrected chi connectivity index (χ0v) is 14.2. The number of hydrogen-bond acceptors (Lipinski definition) is 4. The Labute approximate surface area is 140 Å². The number of carbonyl (C=O) groups excluding carboxylic acids is 2. The van der Waals surface area contributed by atoms with Crippen LogP contribution in [0.3, 0.4) is 0 Å². The van der Waals surface area contributed by atoms with Gasteiger partial charge in [0.2, 0.25) is 5.78 Å². The molecule has 126 valence electrons. The van der Waals surface area contributed by atoms with Gasteiger partial charge in [-0.05, 0) is 50.1 Å². The van der Waals surface area contributed by atoms with Gasteiger partial charge in [0, 0.05) is 6.54 Å². The molecule has 0 bridgehead atoms. The summed E-state index contributed by atoms with van der Waals surface area (Å²) in [7, 11) is 0. The van der Waals surface area contributed by atoms with E-state index in [-0.39, 0.29) is 17.9 Å². The van der Waals surface area contributed by atoms with Crippen molar-refractivity contribution in [2.45, 2.75) is 46.3 Å². The summed E-state index contributed by atoms with van der Waals surface area (Å²) in [5.74, 6) is -0.186. The Hall–Kier alpha value is -2.56. The van der Waals surface area contributed by atoms with Gasteiger partial charge in [0.15, 0.2) is 5.76 Å². The minimum atomic E-state index is -0.346. The molecule has 3 heterocycles. The summed E-state index contributed by atoms with van der Waals surface area (Å²) >= 11 is 0. The number of furan rings is 1. The number of carbonyl (C=O) groups is 2. The molecule has 1 aliphatic heterocycles. The van der Waals surface area contributed by atoms with E-state index in [1.54, 1.807) is 12.1 Å². The molecule has 1 aliphatic rings. The lowest BCUT2D eigenvalue weighted by Crippen LogP contribution is -2.13. The zero-order chi connectivity index (χ0) is 17.3. The third-order valence-corrected chi connectivity index (χ3v) is 3.97. The summed E-state index contributed by atoms with van der Waals surface area (Å²) in [5.41, 5.74) is 2.82. The van der Waals surface area contributed by atoms with E-state index < -0.39 is 0 Å². The van der Waals surface area contributed by atoms with Crippen LogP contribution in [0.5, 0.6) is 0 Å². The number of ether oxygens (including phenoxy) is 1. The van der Waals surface area contributed by atoms with Crippen LogP contribution in [-0.4, -0.2) is 22.4 Å². The number of esters is 1. The topological polar surface area (TPSA) is 61.4 Å². The summed E-state index contributed by atoms with van der Waals surface area (Å²) in [4.78, 5) is 25.1. The van der Waals surface area contributed by atoms with Crippen molar-refractivity contribution in [1.82, 2.24) is 4.57 Å². The largest absolute Gasteiger partial charge is 0.461 e. The molecule has 24 heavy (non-hydrogen) atoms. The Morgan fingerprint density at radius 3 is 2.79 bits per heavy atom. The first-order valence-corrected chi connectivity index (χ1v) is 8.25. The van der Waals surface area contributed by atoms with Crippen LogP contribution in [0.2, 0.25) is 0 Å². The molecule has 0 N–H and O–H groups in total. The Morgan fingerprint density at radius 2 is 2.17 bits per heavy atom. The summed E-state index contributed by atoms with van der Waals surface area (Å²) in [6.45, 7) is 6.19. The minimum Gasteiger partial charge on any atom is -0.461 e. The molecule has 0 spiro atoms. The predicted molar refractivity (Wildman–Crippen MR) is 89.8 cm³/mol. The third-order valence-electron chi connectivity index (χ3n) is 3.97. The quantitative estimate of drug-likeness (QED) is 0.600. The average molecular weight is 327 g/mol. The molecule has 5 heteroatoms. The normalized spacial score (nSPS) is 13.1. The molecule has 0 saturated heterocycles. The van der Waals surface area contributed by atoms with Gasteiger partial charge in [-0.3, -0.25) is 4.79 Å². The fourth-order valence-electron chi connectivity index (χ4n) is 3.02. The maximum Gasteiger partial charge on any atom is 0.340 e. The SMILES string of the molecule is CCCc1cc2n(c1C(=O)c1ccco1)CC=C2C(=O)OC(C)C. The van der Waals surface area contributed by atoms with Gasteiger partial charge in [-0.25, -0.2) is 4.79 Å². The van der Waals surface area contributed by atoms with Crippen LogP contribution < -0.4 is 0 Å². The van der Waals surface area contributed by atoms with E-state index in [4.69, 9.17) is 9.15 Å². The Kier molecular flexibility index (Phi) is 4.42. The van der Waals surface area contributed by atoms with Crippen molar-refractivity contribution >= 4 is 17.3 Å². The van der Waals surface area contributed by atoms with E-state index in [2.05, 4.69) is 6.92 Å². The van der Waals surface area contributed by atoms with Crippen LogP contribution in [0.1, 0.15) is 54.7 Å². The van der Waals surface area contributed by atoms with Gasteiger partial charge < -0.3 is 13.7 Å². The molecule has 0 saturated carbocycles. The average Bonchev–Trinajstić information content (AvgIpc) is 3.22. The summed E-state index contributed by atoms with van der Waals surface area (Å²) < 4.78 is 12.5. The van der Waals surface area contributed by atoms with E-state index in [9.17, 15) is 9.59 Å². The molecule has 0 atom stereocenters. The van der Waals surface area contributed by atoms with Gasteiger partial charge in [0.05, 0.1) is 29.3 Å². The molecule has 2 aromatic heterocycles.